The van der Waals surface area contributed by atoms with Crippen LogP contribution in [0.1, 0.15) is 68.4 Å². The van der Waals surface area contributed by atoms with Crippen molar-refractivity contribution >= 4 is 29.3 Å². The van der Waals surface area contributed by atoms with Gasteiger partial charge in [0.25, 0.3) is 5.91 Å². The minimum atomic E-state index is -0.957. The highest BCUT2D eigenvalue weighted by Gasteiger charge is 2.32. The van der Waals surface area contributed by atoms with Gasteiger partial charge in [0.05, 0.1) is 12.3 Å². The highest BCUT2D eigenvalue weighted by Crippen LogP contribution is 2.28. The van der Waals surface area contributed by atoms with E-state index in [1.165, 1.54) is 18.3 Å². The Morgan fingerprint density at radius 3 is 2.48 bits per heavy atom. The highest BCUT2D eigenvalue weighted by atomic mass is 19.1. The van der Waals surface area contributed by atoms with E-state index in [1.807, 2.05) is 6.92 Å². The summed E-state index contributed by atoms with van der Waals surface area (Å²) in [5.74, 6) is -2.56. The minimum absolute atomic E-state index is 0.0139. The van der Waals surface area contributed by atoms with Crippen LogP contribution >= 0.6 is 0 Å². The SMILES string of the molecule is CCC(=O)N[C@H](Cc1ccc(NC(=O)[C@@H](NC(=O)c2ccnn2CC)C2CCCCC2)c(F)c1)C(=O)NCCO. The van der Waals surface area contributed by atoms with Gasteiger partial charge in [-0.2, -0.15) is 5.10 Å². The van der Waals surface area contributed by atoms with Crippen molar-refractivity contribution in [3.63, 3.8) is 0 Å². The van der Waals surface area contributed by atoms with Gasteiger partial charge in [-0.25, -0.2) is 4.39 Å². The molecule has 1 heterocycles. The van der Waals surface area contributed by atoms with E-state index in [2.05, 4.69) is 26.4 Å². The van der Waals surface area contributed by atoms with Gasteiger partial charge >= 0.3 is 0 Å². The highest BCUT2D eigenvalue weighted by molar-refractivity contribution is 6.00. The van der Waals surface area contributed by atoms with Crippen molar-refractivity contribution in [1.29, 1.82) is 0 Å². The van der Waals surface area contributed by atoms with Crippen molar-refractivity contribution in [2.24, 2.45) is 5.92 Å². The Morgan fingerprint density at radius 1 is 1.07 bits per heavy atom. The summed E-state index contributed by atoms with van der Waals surface area (Å²) in [5, 5.41) is 23.7. The van der Waals surface area contributed by atoms with Crippen LogP contribution in [0.2, 0.25) is 0 Å². The Bertz CT molecular complexity index is 1180. The molecule has 0 aliphatic heterocycles. The monoisotopic (exact) mass is 558 g/mol. The molecule has 12 heteroatoms. The van der Waals surface area contributed by atoms with Crippen molar-refractivity contribution in [1.82, 2.24) is 25.7 Å². The molecular weight excluding hydrogens is 519 g/mol. The zero-order chi connectivity index (χ0) is 29.1. The van der Waals surface area contributed by atoms with E-state index < -0.39 is 35.6 Å². The van der Waals surface area contributed by atoms with Crippen molar-refractivity contribution in [2.45, 2.75) is 77.4 Å². The van der Waals surface area contributed by atoms with Gasteiger partial charge < -0.3 is 26.4 Å². The number of halogens is 1. The number of benzene rings is 1. The summed E-state index contributed by atoms with van der Waals surface area (Å²) in [6, 6.07) is 3.95. The number of aliphatic hydroxyl groups is 1. The van der Waals surface area contributed by atoms with Gasteiger partial charge in [0.1, 0.15) is 23.6 Å². The fraction of sp³-hybridized carbons (Fsp3) is 0.536. The lowest BCUT2D eigenvalue weighted by atomic mass is 9.83. The molecular formula is C28H39FN6O5. The van der Waals surface area contributed by atoms with Crippen LogP contribution < -0.4 is 21.3 Å². The Balaban J connectivity index is 1.74. The molecule has 40 heavy (non-hydrogen) atoms. The standard InChI is InChI=1S/C28H39FN6O5/c1-3-24(37)32-22(26(38)30-14-15-36)17-18-10-11-21(20(29)16-18)33-28(40)25(19-8-6-5-7-9-19)34-27(39)23-12-13-31-35(23)4-2/h10-13,16,19,22,25,36H,3-9,14-15,17H2,1-2H3,(H,30,38)(H,32,37)(H,33,40)(H,34,39)/t22-,25+/m1/s1. The predicted octanol–water partition coefficient (Wildman–Crippen LogP) is 1.91. The maximum Gasteiger partial charge on any atom is 0.270 e. The molecule has 0 spiro atoms. The summed E-state index contributed by atoms with van der Waals surface area (Å²) < 4.78 is 16.7. The molecule has 218 valence electrons. The first-order valence-electron chi connectivity index (χ1n) is 13.9. The number of aryl methyl sites for hydroxylation is 1. The summed E-state index contributed by atoms with van der Waals surface area (Å²) in [6.45, 7) is 3.78. The van der Waals surface area contributed by atoms with Crippen LogP contribution in [-0.4, -0.2) is 63.8 Å². The summed E-state index contributed by atoms with van der Waals surface area (Å²) >= 11 is 0. The quantitative estimate of drug-likeness (QED) is 0.253. The van der Waals surface area contributed by atoms with E-state index in [0.717, 1.165) is 32.1 Å². The average Bonchev–Trinajstić information content (AvgIpc) is 3.45. The first-order valence-corrected chi connectivity index (χ1v) is 13.9. The molecule has 1 aromatic heterocycles. The molecule has 2 atom stereocenters. The van der Waals surface area contributed by atoms with Crippen LogP contribution in [0, 0.1) is 11.7 Å². The van der Waals surface area contributed by atoms with Crippen molar-refractivity contribution in [3.8, 4) is 0 Å². The molecule has 1 aliphatic carbocycles. The van der Waals surface area contributed by atoms with Gasteiger partial charge in [-0.3, -0.25) is 23.9 Å². The maximum atomic E-state index is 15.1. The molecule has 1 aliphatic rings. The Kier molecular flexibility index (Phi) is 11.6. The smallest absolute Gasteiger partial charge is 0.270 e. The number of carbonyl (C=O) groups excluding carboxylic acids is 4. The number of rotatable bonds is 13. The second-order valence-corrected chi connectivity index (χ2v) is 9.88. The Morgan fingerprint density at radius 2 is 1.82 bits per heavy atom. The van der Waals surface area contributed by atoms with Gasteiger partial charge in [0.15, 0.2) is 0 Å². The number of hydrogen-bond donors (Lipinski definition) is 5. The number of nitrogens with zero attached hydrogens (tertiary/aromatic N) is 2. The van der Waals surface area contributed by atoms with E-state index >= 15 is 4.39 Å². The average molecular weight is 559 g/mol. The molecule has 0 unspecified atom stereocenters. The third-order valence-electron chi connectivity index (χ3n) is 7.05. The molecule has 1 saturated carbocycles. The van der Waals surface area contributed by atoms with E-state index in [1.54, 1.807) is 23.7 Å². The third kappa shape index (κ3) is 8.35. The molecule has 0 saturated heterocycles. The topological polar surface area (TPSA) is 154 Å². The van der Waals surface area contributed by atoms with E-state index in [9.17, 15) is 19.2 Å². The van der Waals surface area contributed by atoms with Crippen molar-refractivity contribution in [2.75, 3.05) is 18.5 Å². The number of nitrogens with one attached hydrogen (secondary N) is 4. The van der Waals surface area contributed by atoms with Crippen molar-refractivity contribution in [3.05, 3.63) is 47.5 Å². The number of carbonyl (C=O) groups is 4. The largest absolute Gasteiger partial charge is 0.395 e. The molecule has 0 radical (unpaired) electrons. The fourth-order valence-electron chi connectivity index (χ4n) is 4.90. The second kappa shape index (κ2) is 15.1. The zero-order valence-corrected chi connectivity index (χ0v) is 23.0. The number of hydrogen-bond acceptors (Lipinski definition) is 6. The van der Waals surface area contributed by atoms with Gasteiger partial charge in [0, 0.05) is 32.1 Å². The zero-order valence-electron chi connectivity index (χ0n) is 23.0. The number of amides is 4. The lowest BCUT2D eigenvalue weighted by Gasteiger charge is -2.30. The molecule has 0 bridgehead atoms. The van der Waals surface area contributed by atoms with Gasteiger partial charge in [-0.1, -0.05) is 32.3 Å². The molecule has 5 N–H and O–H groups in total. The molecule has 2 aromatic rings. The Hall–Kier alpha value is -3.80. The molecule has 3 rings (SSSR count). The summed E-state index contributed by atoms with van der Waals surface area (Å²) in [6.07, 6.45) is 6.22. The first-order chi connectivity index (χ1) is 19.3. The minimum Gasteiger partial charge on any atom is -0.395 e. The summed E-state index contributed by atoms with van der Waals surface area (Å²) in [5.41, 5.74) is 0.724. The van der Waals surface area contributed by atoms with E-state index in [-0.39, 0.29) is 43.5 Å². The third-order valence-corrected chi connectivity index (χ3v) is 7.05. The lowest BCUT2D eigenvalue weighted by molar-refractivity contribution is -0.128. The van der Waals surface area contributed by atoms with Gasteiger partial charge in [-0.05, 0) is 49.4 Å². The second-order valence-electron chi connectivity index (χ2n) is 9.88. The number of anilines is 1. The van der Waals surface area contributed by atoms with Crippen LogP contribution in [0.4, 0.5) is 10.1 Å². The van der Waals surface area contributed by atoms with Crippen LogP contribution in [0.5, 0.6) is 0 Å². The number of aliphatic hydroxyl groups excluding tert-OH is 1. The lowest BCUT2D eigenvalue weighted by Crippen LogP contribution is -2.49. The predicted molar refractivity (Wildman–Crippen MR) is 147 cm³/mol. The van der Waals surface area contributed by atoms with Gasteiger partial charge in [-0.15, -0.1) is 0 Å². The summed E-state index contributed by atoms with van der Waals surface area (Å²) in [4.78, 5) is 50.8. The van der Waals surface area contributed by atoms with E-state index in [4.69, 9.17) is 5.11 Å². The van der Waals surface area contributed by atoms with Crippen molar-refractivity contribution < 1.29 is 28.7 Å². The molecule has 1 aromatic carbocycles. The van der Waals surface area contributed by atoms with Crippen LogP contribution in [0.3, 0.4) is 0 Å². The van der Waals surface area contributed by atoms with Crippen LogP contribution in [-0.2, 0) is 27.3 Å². The molecule has 11 nitrogen and oxygen atoms in total. The van der Waals surface area contributed by atoms with Crippen LogP contribution in [0.15, 0.2) is 30.5 Å². The maximum absolute atomic E-state index is 15.1. The normalized spacial score (nSPS) is 15.1. The van der Waals surface area contributed by atoms with Crippen LogP contribution in [0.25, 0.3) is 0 Å². The van der Waals surface area contributed by atoms with E-state index in [0.29, 0.717) is 17.8 Å². The first kappa shape index (κ1) is 30.7. The summed E-state index contributed by atoms with van der Waals surface area (Å²) in [7, 11) is 0. The molecule has 4 amide bonds. The molecule has 1 fully saturated rings. The fourth-order valence-corrected chi connectivity index (χ4v) is 4.90. The van der Waals surface area contributed by atoms with Gasteiger partial charge in [0.2, 0.25) is 17.7 Å². The number of aromatic nitrogens is 2. The Labute approximate surface area is 233 Å².